The summed E-state index contributed by atoms with van der Waals surface area (Å²) in [5.41, 5.74) is 4.24. The fourth-order valence-electron chi connectivity index (χ4n) is 2.05. The Bertz CT molecular complexity index is 435. The molecule has 1 rings (SSSR count). The Kier molecular flexibility index (Phi) is 4.31. The Morgan fingerprint density at radius 1 is 1.19 bits per heavy atom. The Balaban J connectivity index is 2.94. The molecule has 0 bridgehead atoms. The second-order valence-corrected chi connectivity index (χ2v) is 4.12. The number of hydrogen-bond donors (Lipinski definition) is 0. The van der Waals surface area contributed by atoms with E-state index in [0.717, 1.165) is 16.7 Å². The van der Waals surface area contributed by atoms with Crippen LogP contribution < -0.4 is 0 Å². The molecule has 0 aliphatic carbocycles. The third-order valence-electron chi connectivity index (χ3n) is 2.61. The van der Waals surface area contributed by atoms with Gasteiger partial charge in [-0.1, -0.05) is 17.7 Å². The predicted molar refractivity (Wildman–Crippen MR) is 67.7 cm³/mol. The molecule has 0 radical (unpaired) electrons. The molecule has 84 valence electrons. The Morgan fingerprint density at radius 2 is 1.75 bits per heavy atom. The summed E-state index contributed by atoms with van der Waals surface area (Å²) in [7, 11) is 0. The van der Waals surface area contributed by atoms with Crippen LogP contribution in [0.1, 0.15) is 46.8 Å². The molecule has 16 heavy (non-hydrogen) atoms. The first-order valence-corrected chi connectivity index (χ1v) is 5.57. The molecule has 1 aromatic carbocycles. The molecule has 0 saturated carbocycles. The number of Topliss-reactive ketones (excluding diaryl/α,β-unsaturated/α-hetero) is 1. The van der Waals surface area contributed by atoms with Gasteiger partial charge in [0.2, 0.25) is 0 Å². The van der Waals surface area contributed by atoms with E-state index in [1.165, 1.54) is 5.56 Å². The third kappa shape index (κ3) is 2.97. The van der Waals surface area contributed by atoms with Gasteiger partial charge in [-0.2, -0.15) is 0 Å². The monoisotopic (exact) mass is 214 g/mol. The molecule has 1 nitrogen and oxygen atoms in total. The second-order valence-electron chi connectivity index (χ2n) is 4.12. The molecule has 0 unspecified atom stereocenters. The zero-order chi connectivity index (χ0) is 12.1. The number of rotatable bonds is 3. The number of ketones is 1. The molecule has 0 aliphatic rings. The van der Waals surface area contributed by atoms with E-state index in [9.17, 15) is 4.79 Å². The Hall–Kier alpha value is -1.55. The number of hydrogen-bond acceptors (Lipinski definition) is 1. The van der Waals surface area contributed by atoms with Gasteiger partial charge in [0.15, 0.2) is 5.78 Å². The minimum absolute atomic E-state index is 0.206. The zero-order valence-corrected chi connectivity index (χ0v) is 10.5. The van der Waals surface area contributed by atoms with E-state index in [1.54, 1.807) is 6.92 Å². The molecular weight excluding hydrogens is 196 g/mol. The van der Waals surface area contributed by atoms with Gasteiger partial charge in [0.25, 0.3) is 0 Å². The summed E-state index contributed by atoms with van der Waals surface area (Å²) in [5.74, 6) is 5.95. The van der Waals surface area contributed by atoms with Gasteiger partial charge in [0, 0.05) is 18.4 Å². The standard InChI is InChI=1S/C15H18O/c1-5-6-7-8-14(16)15-12(3)9-11(2)10-13(15)4/h9-10H,7-8H2,1-4H3. The van der Waals surface area contributed by atoms with Crippen molar-refractivity contribution in [3.05, 3.63) is 34.4 Å². The molecular formula is C15H18O. The van der Waals surface area contributed by atoms with Crippen LogP contribution in [0.5, 0.6) is 0 Å². The van der Waals surface area contributed by atoms with Crippen LogP contribution in [0, 0.1) is 32.6 Å². The fourth-order valence-corrected chi connectivity index (χ4v) is 2.05. The molecule has 0 aromatic heterocycles. The number of benzene rings is 1. The molecule has 0 fully saturated rings. The molecule has 0 N–H and O–H groups in total. The quantitative estimate of drug-likeness (QED) is 0.555. The van der Waals surface area contributed by atoms with Crippen molar-refractivity contribution >= 4 is 5.78 Å². The second kappa shape index (κ2) is 5.51. The van der Waals surface area contributed by atoms with E-state index in [2.05, 4.69) is 30.9 Å². The largest absolute Gasteiger partial charge is 0.294 e. The summed E-state index contributed by atoms with van der Waals surface area (Å²) in [5, 5.41) is 0. The molecule has 0 saturated heterocycles. The Labute approximate surface area is 97.9 Å². The summed E-state index contributed by atoms with van der Waals surface area (Å²) in [4.78, 5) is 12.0. The maximum Gasteiger partial charge on any atom is 0.164 e. The summed E-state index contributed by atoms with van der Waals surface area (Å²) < 4.78 is 0. The molecule has 1 heteroatoms. The lowest BCUT2D eigenvalue weighted by atomic mass is 9.95. The first-order chi connectivity index (χ1) is 7.56. The smallest absolute Gasteiger partial charge is 0.164 e. The van der Waals surface area contributed by atoms with Gasteiger partial charge < -0.3 is 0 Å². The molecule has 0 atom stereocenters. The van der Waals surface area contributed by atoms with Crippen molar-refractivity contribution in [1.82, 2.24) is 0 Å². The maximum absolute atomic E-state index is 12.0. The van der Waals surface area contributed by atoms with E-state index in [0.29, 0.717) is 12.8 Å². The van der Waals surface area contributed by atoms with E-state index < -0.39 is 0 Å². The van der Waals surface area contributed by atoms with E-state index in [4.69, 9.17) is 0 Å². The van der Waals surface area contributed by atoms with Gasteiger partial charge in [0.05, 0.1) is 0 Å². The third-order valence-corrected chi connectivity index (χ3v) is 2.61. The van der Waals surface area contributed by atoms with Gasteiger partial charge in [-0.3, -0.25) is 4.79 Å². The Morgan fingerprint density at radius 3 is 2.25 bits per heavy atom. The molecule has 1 aromatic rings. The molecule has 0 aliphatic heterocycles. The average molecular weight is 214 g/mol. The van der Waals surface area contributed by atoms with Crippen molar-refractivity contribution in [1.29, 1.82) is 0 Å². The highest BCUT2D eigenvalue weighted by atomic mass is 16.1. The maximum atomic E-state index is 12.0. The summed E-state index contributed by atoms with van der Waals surface area (Å²) >= 11 is 0. The van der Waals surface area contributed by atoms with Crippen molar-refractivity contribution in [2.75, 3.05) is 0 Å². The van der Waals surface area contributed by atoms with Gasteiger partial charge in [0.1, 0.15) is 0 Å². The van der Waals surface area contributed by atoms with Gasteiger partial charge in [-0.05, 0) is 38.8 Å². The molecule has 0 spiro atoms. The highest BCUT2D eigenvalue weighted by molar-refractivity contribution is 5.99. The SMILES string of the molecule is CC#CCCC(=O)c1c(C)cc(C)cc1C. The van der Waals surface area contributed by atoms with Crippen LogP contribution in [-0.4, -0.2) is 5.78 Å². The summed E-state index contributed by atoms with van der Waals surface area (Å²) in [6.45, 7) is 7.85. The predicted octanol–water partition coefficient (Wildman–Crippen LogP) is 3.60. The molecule has 0 amide bonds. The zero-order valence-electron chi connectivity index (χ0n) is 10.5. The first-order valence-electron chi connectivity index (χ1n) is 5.57. The average Bonchev–Trinajstić information content (AvgIpc) is 2.16. The van der Waals surface area contributed by atoms with Gasteiger partial charge in [-0.25, -0.2) is 0 Å². The minimum Gasteiger partial charge on any atom is -0.294 e. The van der Waals surface area contributed by atoms with Crippen LogP contribution >= 0.6 is 0 Å². The van der Waals surface area contributed by atoms with E-state index in [1.807, 2.05) is 13.8 Å². The lowest BCUT2D eigenvalue weighted by Crippen LogP contribution is -2.04. The van der Waals surface area contributed by atoms with Crippen LogP contribution in [0.4, 0.5) is 0 Å². The highest BCUT2D eigenvalue weighted by Crippen LogP contribution is 2.18. The van der Waals surface area contributed by atoms with Crippen LogP contribution in [0.2, 0.25) is 0 Å². The fraction of sp³-hybridized carbons (Fsp3) is 0.400. The number of carbonyl (C=O) groups is 1. The summed E-state index contributed by atoms with van der Waals surface area (Å²) in [6.07, 6.45) is 1.17. The lowest BCUT2D eigenvalue weighted by molar-refractivity contribution is 0.0983. The van der Waals surface area contributed by atoms with E-state index in [-0.39, 0.29) is 5.78 Å². The van der Waals surface area contributed by atoms with Crippen molar-refractivity contribution in [3.8, 4) is 11.8 Å². The normalized spacial score (nSPS) is 9.50. The van der Waals surface area contributed by atoms with Crippen LogP contribution in [0.15, 0.2) is 12.1 Å². The molecule has 0 heterocycles. The van der Waals surface area contributed by atoms with E-state index >= 15 is 0 Å². The van der Waals surface area contributed by atoms with Crippen molar-refractivity contribution in [2.24, 2.45) is 0 Å². The number of carbonyl (C=O) groups excluding carboxylic acids is 1. The van der Waals surface area contributed by atoms with Gasteiger partial charge >= 0.3 is 0 Å². The van der Waals surface area contributed by atoms with Crippen molar-refractivity contribution in [3.63, 3.8) is 0 Å². The first kappa shape index (κ1) is 12.5. The van der Waals surface area contributed by atoms with Crippen LogP contribution in [0.25, 0.3) is 0 Å². The lowest BCUT2D eigenvalue weighted by Gasteiger charge is -2.09. The van der Waals surface area contributed by atoms with Crippen molar-refractivity contribution in [2.45, 2.75) is 40.5 Å². The van der Waals surface area contributed by atoms with Gasteiger partial charge in [-0.15, -0.1) is 11.8 Å². The topological polar surface area (TPSA) is 17.1 Å². The summed E-state index contributed by atoms with van der Waals surface area (Å²) in [6, 6.07) is 4.12. The number of aryl methyl sites for hydroxylation is 3. The van der Waals surface area contributed by atoms with Crippen LogP contribution in [0.3, 0.4) is 0 Å². The van der Waals surface area contributed by atoms with Crippen LogP contribution in [-0.2, 0) is 0 Å². The highest BCUT2D eigenvalue weighted by Gasteiger charge is 2.11. The minimum atomic E-state index is 0.206. The van der Waals surface area contributed by atoms with Crippen molar-refractivity contribution < 1.29 is 4.79 Å².